The van der Waals surface area contributed by atoms with Crippen molar-refractivity contribution in [1.82, 2.24) is 10.2 Å². The van der Waals surface area contributed by atoms with Crippen molar-refractivity contribution in [2.24, 2.45) is 0 Å². The Morgan fingerprint density at radius 1 is 1.12 bits per heavy atom. The Kier molecular flexibility index (Phi) is 9.69. The Morgan fingerprint density at radius 2 is 1.81 bits per heavy atom. The molecule has 0 bridgehead atoms. The second kappa shape index (κ2) is 12.0. The summed E-state index contributed by atoms with van der Waals surface area (Å²) in [6.45, 7) is 9.40. The van der Waals surface area contributed by atoms with E-state index in [9.17, 15) is 14.0 Å². The van der Waals surface area contributed by atoms with Gasteiger partial charge in [0.05, 0.1) is 4.47 Å². The summed E-state index contributed by atoms with van der Waals surface area (Å²) in [5.74, 6) is -0.215. The fourth-order valence-electron chi connectivity index (χ4n) is 3.07. The maximum Gasteiger partial charge on any atom is 0.261 e. The summed E-state index contributed by atoms with van der Waals surface area (Å²) in [6, 6.07) is 11.2. The predicted molar refractivity (Wildman–Crippen MR) is 128 cm³/mol. The molecule has 0 aromatic heterocycles. The molecule has 32 heavy (non-hydrogen) atoms. The lowest BCUT2D eigenvalue weighted by Crippen LogP contribution is -2.50. The van der Waals surface area contributed by atoms with Crippen LogP contribution in [0.3, 0.4) is 0 Å². The number of carbonyl (C=O) groups excluding carboxylic acids is 2. The molecule has 7 heteroatoms. The first-order chi connectivity index (χ1) is 15.1. The zero-order valence-corrected chi connectivity index (χ0v) is 20.9. The van der Waals surface area contributed by atoms with Crippen LogP contribution in [0.15, 0.2) is 46.9 Å². The number of hydrogen-bond acceptors (Lipinski definition) is 3. The van der Waals surface area contributed by atoms with Crippen LogP contribution < -0.4 is 10.1 Å². The highest BCUT2D eigenvalue weighted by molar-refractivity contribution is 9.10. The van der Waals surface area contributed by atoms with Crippen molar-refractivity contribution in [3.05, 3.63) is 63.9 Å². The lowest BCUT2D eigenvalue weighted by molar-refractivity contribution is -0.142. The first-order valence-electron chi connectivity index (χ1n) is 10.9. The lowest BCUT2D eigenvalue weighted by Gasteiger charge is -2.29. The molecule has 0 aliphatic carbocycles. The Balaban J connectivity index is 2.19. The monoisotopic (exact) mass is 506 g/mol. The summed E-state index contributed by atoms with van der Waals surface area (Å²) in [4.78, 5) is 27.2. The van der Waals surface area contributed by atoms with Gasteiger partial charge in [0.1, 0.15) is 17.6 Å². The van der Waals surface area contributed by atoms with E-state index in [1.54, 1.807) is 25.1 Å². The summed E-state index contributed by atoms with van der Waals surface area (Å²) in [5, 5.41) is 2.89. The Labute approximate surface area is 198 Å². The fraction of sp³-hybridized carbons (Fsp3) is 0.440. The zero-order chi connectivity index (χ0) is 23.8. The van der Waals surface area contributed by atoms with Crippen molar-refractivity contribution >= 4 is 27.7 Å². The summed E-state index contributed by atoms with van der Waals surface area (Å²) < 4.78 is 20.8. The van der Waals surface area contributed by atoms with Crippen LogP contribution in [0, 0.1) is 5.82 Å². The van der Waals surface area contributed by atoms with Crippen LogP contribution in [0.2, 0.25) is 0 Å². The van der Waals surface area contributed by atoms with E-state index in [4.69, 9.17) is 4.74 Å². The fourth-order valence-corrected chi connectivity index (χ4v) is 3.58. The van der Waals surface area contributed by atoms with Gasteiger partial charge < -0.3 is 15.0 Å². The van der Waals surface area contributed by atoms with E-state index in [1.807, 2.05) is 32.0 Å². The molecule has 1 N–H and O–H groups in total. The molecule has 0 spiro atoms. The van der Waals surface area contributed by atoms with Gasteiger partial charge in [-0.1, -0.05) is 45.0 Å². The van der Waals surface area contributed by atoms with Crippen LogP contribution in [-0.2, 0) is 16.1 Å². The summed E-state index contributed by atoms with van der Waals surface area (Å²) in [6.07, 6.45) is 0.767. The maximum absolute atomic E-state index is 14.3. The van der Waals surface area contributed by atoms with Crippen molar-refractivity contribution in [3.8, 4) is 5.75 Å². The van der Waals surface area contributed by atoms with Gasteiger partial charge in [0.25, 0.3) is 5.91 Å². The number of nitrogens with zero attached hydrogens (tertiary/aromatic N) is 1. The average molecular weight is 507 g/mol. The van der Waals surface area contributed by atoms with E-state index in [2.05, 4.69) is 35.1 Å². The molecule has 2 amide bonds. The second-order valence-corrected chi connectivity index (χ2v) is 9.09. The van der Waals surface area contributed by atoms with Gasteiger partial charge >= 0.3 is 0 Å². The van der Waals surface area contributed by atoms with Crippen LogP contribution >= 0.6 is 15.9 Å². The molecule has 0 aliphatic heterocycles. The highest BCUT2D eigenvalue weighted by Crippen LogP contribution is 2.29. The second-order valence-electron chi connectivity index (χ2n) is 8.24. The van der Waals surface area contributed by atoms with E-state index in [0.29, 0.717) is 17.2 Å². The minimum atomic E-state index is -0.786. The topological polar surface area (TPSA) is 58.6 Å². The SMILES string of the molecule is CC[C@@H](C)NC(=O)[C@@H](C)N(Cc1ccccc1F)C(=O)COc1ccc(C(C)C)cc1Br. The van der Waals surface area contributed by atoms with Gasteiger partial charge in [-0.3, -0.25) is 9.59 Å². The maximum atomic E-state index is 14.3. The molecular weight excluding hydrogens is 475 g/mol. The molecule has 2 atom stereocenters. The van der Waals surface area contributed by atoms with Crippen molar-refractivity contribution in [1.29, 1.82) is 0 Å². The average Bonchev–Trinajstić information content (AvgIpc) is 2.76. The zero-order valence-electron chi connectivity index (χ0n) is 19.3. The Morgan fingerprint density at radius 3 is 2.41 bits per heavy atom. The Hall–Kier alpha value is -2.41. The highest BCUT2D eigenvalue weighted by atomic mass is 79.9. The van der Waals surface area contributed by atoms with Crippen LogP contribution in [-0.4, -0.2) is 35.4 Å². The third-order valence-electron chi connectivity index (χ3n) is 5.44. The van der Waals surface area contributed by atoms with Crippen molar-refractivity contribution in [2.75, 3.05) is 6.61 Å². The van der Waals surface area contributed by atoms with Crippen LogP contribution in [0.4, 0.5) is 4.39 Å². The molecule has 0 radical (unpaired) electrons. The summed E-state index contributed by atoms with van der Waals surface area (Å²) >= 11 is 3.49. The number of benzene rings is 2. The molecule has 0 saturated heterocycles. The molecule has 2 rings (SSSR count). The van der Waals surface area contributed by atoms with Crippen LogP contribution in [0.1, 0.15) is 58.1 Å². The number of rotatable bonds is 10. The predicted octanol–water partition coefficient (Wildman–Crippen LogP) is 5.42. The molecular formula is C25H32BrFN2O3. The minimum Gasteiger partial charge on any atom is -0.483 e. The number of ether oxygens (including phenoxy) is 1. The normalized spacial score (nSPS) is 12.9. The molecule has 0 fully saturated rings. The van der Waals surface area contributed by atoms with E-state index < -0.39 is 17.8 Å². The van der Waals surface area contributed by atoms with E-state index in [1.165, 1.54) is 11.0 Å². The molecule has 0 aliphatic rings. The van der Waals surface area contributed by atoms with Gasteiger partial charge in [0.15, 0.2) is 6.61 Å². The van der Waals surface area contributed by atoms with E-state index in [-0.39, 0.29) is 25.1 Å². The summed E-state index contributed by atoms with van der Waals surface area (Å²) in [5.41, 5.74) is 1.48. The lowest BCUT2D eigenvalue weighted by atomic mass is 10.0. The van der Waals surface area contributed by atoms with Gasteiger partial charge in [-0.15, -0.1) is 0 Å². The van der Waals surface area contributed by atoms with Gasteiger partial charge in [0.2, 0.25) is 5.91 Å². The molecule has 0 unspecified atom stereocenters. The smallest absolute Gasteiger partial charge is 0.261 e. The molecule has 5 nitrogen and oxygen atoms in total. The van der Waals surface area contributed by atoms with Crippen molar-refractivity contribution in [2.45, 2.75) is 65.6 Å². The van der Waals surface area contributed by atoms with Crippen molar-refractivity contribution in [3.63, 3.8) is 0 Å². The van der Waals surface area contributed by atoms with E-state index in [0.717, 1.165) is 16.5 Å². The van der Waals surface area contributed by atoms with Gasteiger partial charge in [0, 0.05) is 18.2 Å². The standard InChI is InChI=1S/C25H32BrFN2O3/c1-6-17(4)28-25(31)18(5)29(14-20-9-7-8-10-22(20)27)24(30)15-32-23-12-11-19(16(2)3)13-21(23)26/h7-13,16-18H,6,14-15H2,1-5H3,(H,28,31)/t17-,18-/m1/s1. The third-order valence-corrected chi connectivity index (χ3v) is 6.06. The molecule has 174 valence electrons. The molecule has 0 saturated carbocycles. The third kappa shape index (κ3) is 7.05. The number of halogens is 2. The molecule has 0 heterocycles. The quantitative estimate of drug-likeness (QED) is 0.467. The highest BCUT2D eigenvalue weighted by Gasteiger charge is 2.28. The largest absolute Gasteiger partial charge is 0.483 e. The van der Waals surface area contributed by atoms with E-state index >= 15 is 0 Å². The minimum absolute atomic E-state index is 0.0259. The molecule has 2 aromatic rings. The number of hydrogen-bond donors (Lipinski definition) is 1. The molecule has 2 aromatic carbocycles. The van der Waals surface area contributed by atoms with Crippen LogP contribution in [0.5, 0.6) is 5.75 Å². The summed E-state index contributed by atoms with van der Waals surface area (Å²) in [7, 11) is 0. The first kappa shape index (κ1) is 25.8. The first-order valence-corrected chi connectivity index (χ1v) is 11.7. The van der Waals surface area contributed by atoms with Gasteiger partial charge in [-0.25, -0.2) is 4.39 Å². The number of amides is 2. The van der Waals surface area contributed by atoms with Gasteiger partial charge in [-0.05, 0) is 65.9 Å². The Bertz CT molecular complexity index is 935. The number of carbonyl (C=O) groups is 2. The number of nitrogens with one attached hydrogen (secondary N) is 1. The van der Waals surface area contributed by atoms with Gasteiger partial charge in [-0.2, -0.15) is 0 Å². The van der Waals surface area contributed by atoms with Crippen LogP contribution in [0.25, 0.3) is 0 Å². The van der Waals surface area contributed by atoms with Crippen molar-refractivity contribution < 1.29 is 18.7 Å².